The standard InChI is InChI=1S/C9H5ClN6O2/c10-9-12-1-5(7-15-13-3-16(7)9)14-8(17)6-2-11-4-18-6/h1-4H,(H,14,17). The Labute approximate surface area is 105 Å². The summed E-state index contributed by atoms with van der Waals surface area (Å²) >= 11 is 5.84. The lowest BCUT2D eigenvalue weighted by Crippen LogP contribution is -2.12. The van der Waals surface area contributed by atoms with Gasteiger partial charge in [-0.3, -0.25) is 9.20 Å². The Kier molecular flexibility index (Phi) is 2.41. The van der Waals surface area contributed by atoms with E-state index in [0.717, 1.165) is 0 Å². The fourth-order valence-corrected chi connectivity index (χ4v) is 1.56. The van der Waals surface area contributed by atoms with Crippen molar-refractivity contribution in [1.29, 1.82) is 0 Å². The molecule has 90 valence electrons. The summed E-state index contributed by atoms with van der Waals surface area (Å²) in [4.78, 5) is 19.3. The van der Waals surface area contributed by atoms with E-state index < -0.39 is 5.91 Å². The molecule has 0 saturated heterocycles. The first-order valence-electron chi connectivity index (χ1n) is 4.80. The first-order chi connectivity index (χ1) is 8.75. The Morgan fingerprint density at radius 3 is 3.11 bits per heavy atom. The van der Waals surface area contributed by atoms with E-state index in [4.69, 9.17) is 16.0 Å². The summed E-state index contributed by atoms with van der Waals surface area (Å²) in [5.74, 6) is -0.371. The van der Waals surface area contributed by atoms with Crippen LogP contribution in [-0.4, -0.2) is 30.5 Å². The Bertz CT molecular complexity index is 707. The third-order valence-corrected chi connectivity index (χ3v) is 2.47. The predicted molar refractivity (Wildman–Crippen MR) is 60.2 cm³/mol. The monoisotopic (exact) mass is 264 g/mol. The first-order valence-corrected chi connectivity index (χ1v) is 5.17. The molecule has 0 bridgehead atoms. The molecule has 3 aromatic heterocycles. The number of carbonyl (C=O) groups excluding carboxylic acids is 1. The summed E-state index contributed by atoms with van der Waals surface area (Å²) in [6.45, 7) is 0. The summed E-state index contributed by atoms with van der Waals surface area (Å²) in [5.41, 5.74) is 0.765. The molecular formula is C9H5ClN6O2. The molecule has 0 radical (unpaired) electrons. The average molecular weight is 265 g/mol. The highest BCUT2D eigenvalue weighted by molar-refractivity contribution is 6.28. The summed E-state index contributed by atoms with van der Waals surface area (Å²) in [5, 5.41) is 10.3. The van der Waals surface area contributed by atoms with Crippen LogP contribution in [0.2, 0.25) is 5.28 Å². The molecule has 0 unspecified atom stereocenters. The Balaban J connectivity index is 1.98. The number of anilines is 1. The van der Waals surface area contributed by atoms with Gasteiger partial charge >= 0.3 is 0 Å². The SMILES string of the molecule is O=C(Nc1cnc(Cl)n2cnnc12)c1cnco1. The number of rotatable bonds is 2. The van der Waals surface area contributed by atoms with Crippen LogP contribution >= 0.6 is 11.6 Å². The fraction of sp³-hybridized carbons (Fsp3) is 0. The Hall–Kier alpha value is -2.48. The molecule has 3 rings (SSSR count). The van der Waals surface area contributed by atoms with Gasteiger partial charge in [-0.1, -0.05) is 0 Å². The molecular weight excluding hydrogens is 260 g/mol. The molecule has 8 nitrogen and oxygen atoms in total. The van der Waals surface area contributed by atoms with E-state index in [1.807, 2.05) is 0 Å². The van der Waals surface area contributed by atoms with E-state index in [1.54, 1.807) is 0 Å². The van der Waals surface area contributed by atoms with Crippen LogP contribution < -0.4 is 5.32 Å². The van der Waals surface area contributed by atoms with Crippen molar-refractivity contribution in [2.75, 3.05) is 5.32 Å². The fourth-order valence-electron chi connectivity index (χ4n) is 1.39. The molecule has 3 heterocycles. The van der Waals surface area contributed by atoms with Gasteiger partial charge in [0.2, 0.25) is 11.0 Å². The summed E-state index contributed by atoms with van der Waals surface area (Å²) in [7, 11) is 0. The number of amides is 1. The minimum absolute atomic E-state index is 0.0858. The van der Waals surface area contributed by atoms with Gasteiger partial charge in [0.05, 0.1) is 12.4 Å². The highest BCUT2D eigenvalue weighted by atomic mass is 35.5. The number of carbonyl (C=O) groups is 1. The van der Waals surface area contributed by atoms with Gasteiger partial charge < -0.3 is 9.73 Å². The zero-order valence-corrected chi connectivity index (χ0v) is 9.50. The Morgan fingerprint density at radius 2 is 2.33 bits per heavy atom. The van der Waals surface area contributed by atoms with Crippen molar-refractivity contribution in [3.05, 3.63) is 36.2 Å². The van der Waals surface area contributed by atoms with Crippen LogP contribution in [0.1, 0.15) is 10.6 Å². The van der Waals surface area contributed by atoms with Crippen LogP contribution in [0, 0.1) is 0 Å². The maximum atomic E-state index is 11.8. The van der Waals surface area contributed by atoms with Crippen molar-refractivity contribution in [2.24, 2.45) is 0 Å². The van der Waals surface area contributed by atoms with Gasteiger partial charge in [0.1, 0.15) is 12.0 Å². The number of nitrogens with one attached hydrogen (secondary N) is 1. The number of nitrogens with zero attached hydrogens (tertiary/aromatic N) is 5. The second kappa shape index (κ2) is 4.08. The number of oxazole rings is 1. The highest BCUT2D eigenvalue weighted by Crippen LogP contribution is 2.17. The minimum Gasteiger partial charge on any atom is -0.438 e. The maximum absolute atomic E-state index is 11.8. The van der Waals surface area contributed by atoms with Gasteiger partial charge in [-0.05, 0) is 11.6 Å². The normalized spacial score (nSPS) is 10.7. The van der Waals surface area contributed by atoms with Gasteiger partial charge in [-0.15, -0.1) is 10.2 Å². The zero-order chi connectivity index (χ0) is 12.5. The molecule has 0 aliphatic rings. The van der Waals surface area contributed by atoms with Gasteiger partial charge in [-0.2, -0.15) is 0 Å². The van der Waals surface area contributed by atoms with Crippen molar-refractivity contribution in [3.8, 4) is 0 Å². The highest BCUT2D eigenvalue weighted by Gasteiger charge is 2.14. The van der Waals surface area contributed by atoms with Gasteiger partial charge in [0.25, 0.3) is 5.91 Å². The topological polar surface area (TPSA) is 98.2 Å². The van der Waals surface area contributed by atoms with Crippen molar-refractivity contribution < 1.29 is 9.21 Å². The molecule has 0 spiro atoms. The molecule has 9 heteroatoms. The third kappa shape index (κ3) is 1.68. The predicted octanol–water partition coefficient (Wildman–Crippen LogP) is 1.02. The molecule has 0 atom stereocenters. The van der Waals surface area contributed by atoms with Crippen LogP contribution in [0.5, 0.6) is 0 Å². The first kappa shape index (κ1) is 10.7. The van der Waals surface area contributed by atoms with Crippen LogP contribution in [0.4, 0.5) is 5.69 Å². The van der Waals surface area contributed by atoms with Gasteiger partial charge in [0.15, 0.2) is 12.0 Å². The quantitative estimate of drug-likeness (QED) is 0.694. The minimum atomic E-state index is -0.457. The summed E-state index contributed by atoms with van der Waals surface area (Å²) < 4.78 is 6.31. The van der Waals surface area contributed by atoms with Crippen LogP contribution in [0.3, 0.4) is 0 Å². The van der Waals surface area contributed by atoms with E-state index in [1.165, 1.54) is 29.5 Å². The van der Waals surface area contributed by atoms with Crippen LogP contribution in [0.25, 0.3) is 5.65 Å². The lowest BCUT2D eigenvalue weighted by molar-refractivity contribution is 0.0996. The number of aromatic nitrogens is 5. The molecule has 1 amide bonds. The smallest absolute Gasteiger partial charge is 0.293 e. The molecule has 0 saturated carbocycles. The van der Waals surface area contributed by atoms with Crippen LogP contribution in [0.15, 0.2) is 29.5 Å². The number of hydrogen-bond donors (Lipinski definition) is 1. The second-order valence-corrected chi connectivity index (χ2v) is 3.62. The molecule has 3 aromatic rings. The van der Waals surface area contributed by atoms with E-state index in [9.17, 15) is 4.79 Å². The molecule has 0 aromatic carbocycles. The lowest BCUT2D eigenvalue weighted by Gasteiger charge is -2.04. The molecule has 0 fully saturated rings. The van der Waals surface area contributed by atoms with Gasteiger partial charge in [-0.25, -0.2) is 9.97 Å². The number of fused-ring (bicyclic) bond motifs is 1. The average Bonchev–Trinajstić information content (AvgIpc) is 3.01. The molecule has 1 N–H and O–H groups in total. The number of hydrogen-bond acceptors (Lipinski definition) is 6. The summed E-state index contributed by atoms with van der Waals surface area (Å²) in [6, 6.07) is 0. The molecule has 0 aliphatic carbocycles. The lowest BCUT2D eigenvalue weighted by atomic mass is 10.4. The largest absolute Gasteiger partial charge is 0.438 e. The van der Waals surface area contributed by atoms with Crippen molar-refractivity contribution in [1.82, 2.24) is 24.6 Å². The zero-order valence-electron chi connectivity index (χ0n) is 8.74. The van der Waals surface area contributed by atoms with Gasteiger partial charge in [0, 0.05) is 0 Å². The van der Waals surface area contributed by atoms with Crippen molar-refractivity contribution in [3.63, 3.8) is 0 Å². The maximum Gasteiger partial charge on any atom is 0.293 e. The van der Waals surface area contributed by atoms with Crippen molar-refractivity contribution >= 4 is 28.8 Å². The second-order valence-electron chi connectivity index (χ2n) is 3.29. The van der Waals surface area contributed by atoms with Crippen LogP contribution in [-0.2, 0) is 0 Å². The van der Waals surface area contributed by atoms with E-state index in [0.29, 0.717) is 11.3 Å². The van der Waals surface area contributed by atoms with E-state index in [2.05, 4.69) is 25.5 Å². The molecule has 18 heavy (non-hydrogen) atoms. The van der Waals surface area contributed by atoms with E-state index >= 15 is 0 Å². The molecule has 0 aliphatic heterocycles. The Morgan fingerprint density at radius 1 is 1.44 bits per heavy atom. The summed E-state index contributed by atoms with van der Waals surface area (Å²) in [6.07, 6.45) is 5.26. The third-order valence-electron chi connectivity index (χ3n) is 2.19. The van der Waals surface area contributed by atoms with E-state index in [-0.39, 0.29) is 11.0 Å². The van der Waals surface area contributed by atoms with Crippen molar-refractivity contribution in [2.45, 2.75) is 0 Å². The number of halogens is 1.